The molecule has 0 aromatic heterocycles. The van der Waals surface area contributed by atoms with Crippen LogP contribution in [-0.4, -0.2) is 13.2 Å². The van der Waals surface area contributed by atoms with Gasteiger partial charge in [-0.3, -0.25) is 5.33 Å². The molecule has 0 spiro atoms. The molecule has 0 rings (SSSR count). The molecule has 0 aliphatic carbocycles. The maximum atomic E-state index is 5.45. The number of ether oxygens (including phenoxy) is 1. The molecule has 12 heavy (non-hydrogen) atoms. The zero-order valence-corrected chi connectivity index (χ0v) is 10.1. The summed E-state index contributed by atoms with van der Waals surface area (Å²) in [5.41, 5.74) is 0. The summed E-state index contributed by atoms with van der Waals surface area (Å²) in [6.45, 7) is 6.22. The third-order valence-corrected chi connectivity index (χ3v) is 2.16. The molecule has 0 heterocycles. The second kappa shape index (κ2) is 12.0. The first-order chi connectivity index (χ1) is 5.31. The second-order valence-electron chi connectivity index (χ2n) is 2.88. The molecule has 0 saturated heterocycles. The number of hydrogen-bond donors (Lipinski definition) is 0. The smallest absolute Gasteiger partial charge is 0.381 e. The quantitative estimate of drug-likeness (QED) is 0.348. The molecule has 0 unspecified atom stereocenters. The van der Waals surface area contributed by atoms with Crippen molar-refractivity contribution in [3.63, 3.8) is 0 Å². The van der Waals surface area contributed by atoms with Gasteiger partial charge in [-0.25, -0.2) is 0 Å². The first-order valence-corrected chi connectivity index (χ1v) is 5.22. The van der Waals surface area contributed by atoms with E-state index >= 15 is 0 Å². The van der Waals surface area contributed by atoms with E-state index in [1.807, 2.05) is 5.33 Å². The van der Waals surface area contributed by atoms with E-state index in [0.717, 1.165) is 26.1 Å². The molecule has 1 nitrogen and oxygen atoms in total. The Balaban J connectivity index is 0. The molecule has 0 saturated carbocycles. The minimum atomic E-state index is 0. The van der Waals surface area contributed by atoms with Gasteiger partial charge in [0.2, 0.25) is 0 Å². The Morgan fingerprint density at radius 1 is 1.50 bits per heavy atom. The minimum absolute atomic E-state index is 0. The Hall–Kier alpha value is 1.04. The van der Waals surface area contributed by atoms with Gasteiger partial charge in [-0.05, 0) is 5.92 Å². The minimum Gasteiger partial charge on any atom is -0.381 e. The van der Waals surface area contributed by atoms with Crippen molar-refractivity contribution in [3.8, 4) is 0 Å². The van der Waals surface area contributed by atoms with Gasteiger partial charge < -0.3 is 20.7 Å². The van der Waals surface area contributed by atoms with Crippen molar-refractivity contribution in [3.05, 3.63) is 5.33 Å². The predicted molar refractivity (Wildman–Crippen MR) is 52.7 cm³/mol. The molecule has 0 amide bonds. The van der Waals surface area contributed by atoms with Crippen LogP contribution in [0.25, 0.3) is 0 Å². The van der Waals surface area contributed by atoms with Crippen molar-refractivity contribution >= 4 is 15.9 Å². The van der Waals surface area contributed by atoms with E-state index in [2.05, 4.69) is 29.8 Å². The van der Waals surface area contributed by atoms with Crippen LogP contribution in [0.15, 0.2) is 0 Å². The molecule has 0 radical (unpaired) electrons. The fourth-order valence-electron chi connectivity index (χ4n) is 0.665. The summed E-state index contributed by atoms with van der Waals surface area (Å²) in [5, 5.41) is 2.00. The Kier molecular flexibility index (Phi) is 15.6. The van der Waals surface area contributed by atoms with Crippen LogP contribution in [-0.2, 0) is 4.74 Å². The summed E-state index contributed by atoms with van der Waals surface area (Å²) in [6, 6.07) is 0. The van der Waals surface area contributed by atoms with Gasteiger partial charge in [0.1, 0.15) is 0 Å². The maximum absolute atomic E-state index is 5.45. The van der Waals surface area contributed by atoms with Crippen LogP contribution in [0.3, 0.4) is 0 Å². The Bertz CT molecular complexity index is 80.9. The van der Waals surface area contributed by atoms with Crippen LogP contribution in [0.2, 0.25) is 0 Å². The van der Waals surface area contributed by atoms with Crippen LogP contribution in [0.4, 0.5) is 0 Å². The van der Waals surface area contributed by atoms with E-state index < -0.39 is 0 Å². The SMILES string of the molecule is CC[C@H](C)COCCC[CH-]Br.[Li+]. The Morgan fingerprint density at radius 2 is 2.17 bits per heavy atom. The predicted octanol–water partition coefficient (Wildman–Crippen LogP) is 0.390. The Morgan fingerprint density at radius 3 is 2.67 bits per heavy atom. The number of unbranched alkanes of at least 4 members (excludes halogenated alkanes) is 1. The van der Waals surface area contributed by atoms with Crippen molar-refractivity contribution < 1.29 is 23.6 Å². The molecule has 0 aliphatic heterocycles. The third kappa shape index (κ3) is 11.0. The normalized spacial score (nSPS) is 12.2. The average molecular weight is 229 g/mol. The molecular formula is C9H18BrLiO. The zero-order chi connectivity index (χ0) is 8.53. The van der Waals surface area contributed by atoms with Crippen LogP contribution in [0.5, 0.6) is 0 Å². The standard InChI is InChI=1S/C9H18BrO.Li/c1-3-9(2)8-11-7-5-4-6-10;/h6,9H,3-5,7-8H2,1-2H3;/q-1;+1/t9-;/m0./s1. The fourth-order valence-corrected chi connectivity index (χ4v) is 0.989. The molecule has 3 heteroatoms. The van der Waals surface area contributed by atoms with Gasteiger partial charge in [0.15, 0.2) is 0 Å². The Labute approximate surface area is 96.9 Å². The third-order valence-electron chi connectivity index (χ3n) is 1.70. The molecule has 0 bridgehead atoms. The van der Waals surface area contributed by atoms with Gasteiger partial charge >= 0.3 is 18.9 Å². The van der Waals surface area contributed by atoms with E-state index in [9.17, 15) is 0 Å². The molecule has 0 aliphatic rings. The summed E-state index contributed by atoms with van der Waals surface area (Å²) < 4.78 is 5.45. The van der Waals surface area contributed by atoms with Gasteiger partial charge in [-0.2, -0.15) is 6.42 Å². The van der Waals surface area contributed by atoms with Gasteiger partial charge in [0.05, 0.1) is 0 Å². The van der Waals surface area contributed by atoms with E-state index in [0.29, 0.717) is 5.92 Å². The number of halogens is 1. The molecule has 0 N–H and O–H groups in total. The first-order valence-electron chi connectivity index (χ1n) is 4.30. The van der Waals surface area contributed by atoms with Crippen molar-refractivity contribution in [2.75, 3.05) is 13.2 Å². The topological polar surface area (TPSA) is 9.23 Å². The molecular weight excluding hydrogens is 211 g/mol. The van der Waals surface area contributed by atoms with Crippen LogP contribution < -0.4 is 18.9 Å². The van der Waals surface area contributed by atoms with Gasteiger partial charge in [0.25, 0.3) is 0 Å². The van der Waals surface area contributed by atoms with Crippen LogP contribution >= 0.6 is 15.9 Å². The molecule has 0 aromatic carbocycles. The molecule has 0 aromatic rings. The van der Waals surface area contributed by atoms with Gasteiger partial charge in [0, 0.05) is 13.2 Å². The first kappa shape index (κ1) is 15.5. The van der Waals surface area contributed by atoms with Crippen LogP contribution in [0, 0.1) is 11.2 Å². The van der Waals surface area contributed by atoms with E-state index in [1.54, 1.807) is 0 Å². The van der Waals surface area contributed by atoms with Gasteiger partial charge in [-0.15, -0.1) is 0 Å². The number of rotatable bonds is 7. The van der Waals surface area contributed by atoms with Crippen molar-refractivity contribution in [1.29, 1.82) is 0 Å². The summed E-state index contributed by atoms with van der Waals surface area (Å²) in [5.74, 6) is 0.711. The summed E-state index contributed by atoms with van der Waals surface area (Å²) in [4.78, 5) is 0. The molecule has 1 atom stereocenters. The summed E-state index contributed by atoms with van der Waals surface area (Å²) in [7, 11) is 0. The van der Waals surface area contributed by atoms with Crippen molar-refractivity contribution in [2.24, 2.45) is 5.92 Å². The van der Waals surface area contributed by atoms with E-state index in [-0.39, 0.29) is 18.9 Å². The van der Waals surface area contributed by atoms with E-state index in [4.69, 9.17) is 4.74 Å². The van der Waals surface area contributed by atoms with Crippen molar-refractivity contribution in [2.45, 2.75) is 33.1 Å². The van der Waals surface area contributed by atoms with E-state index in [1.165, 1.54) is 6.42 Å². The largest absolute Gasteiger partial charge is 1.00 e. The average Bonchev–Trinajstić information content (AvgIpc) is 2.04. The summed E-state index contributed by atoms with van der Waals surface area (Å²) >= 11 is 3.26. The summed E-state index contributed by atoms with van der Waals surface area (Å²) in [6.07, 6.45) is 3.44. The molecule has 0 fully saturated rings. The van der Waals surface area contributed by atoms with Gasteiger partial charge in [-0.1, -0.05) is 26.7 Å². The fraction of sp³-hybridized carbons (Fsp3) is 0.889. The molecule has 68 valence electrons. The van der Waals surface area contributed by atoms with Crippen molar-refractivity contribution in [1.82, 2.24) is 0 Å². The zero-order valence-electron chi connectivity index (χ0n) is 8.48. The second-order valence-corrected chi connectivity index (χ2v) is 3.53. The monoisotopic (exact) mass is 228 g/mol. The van der Waals surface area contributed by atoms with Crippen LogP contribution in [0.1, 0.15) is 33.1 Å². The maximum Gasteiger partial charge on any atom is 1.00 e. The number of hydrogen-bond acceptors (Lipinski definition) is 1.